The van der Waals surface area contributed by atoms with E-state index < -0.39 is 6.16 Å². The van der Waals surface area contributed by atoms with Crippen molar-refractivity contribution in [3.8, 4) is 0 Å². The molecule has 3 heteroatoms. The van der Waals surface area contributed by atoms with E-state index in [1.54, 1.807) is 0 Å². The Morgan fingerprint density at radius 1 is 1.40 bits per heavy atom. The minimum Gasteiger partial charge on any atom is -0.434 e. The molecule has 0 unspecified atom stereocenters. The van der Waals surface area contributed by atoms with Gasteiger partial charge in [-0.1, -0.05) is 0 Å². The Labute approximate surface area is 59.6 Å². The first kappa shape index (κ1) is 7.12. The van der Waals surface area contributed by atoms with E-state index in [-0.39, 0.29) is 0 Å². The third-order valence-electron chi connectivity index (χ3n) is 1.25. The van der Waals surface area contributed by atoms with Crippen molar-refractivity contribution in [2.75, 3.05) is 6.61 Å². The molecular weight excluding hydrogens is 132 g/mol. The molecule has 1 rings (SSSR count). The summed E-state index contributed by atoms with van der Waals surface area (Å²) in [5.74, 6) is 0. The van der Waals surface area contributed by atoms with Gasteiger partial charge in [0, 0.05) is 0 Å². The second-order valence-electron chi connectivity index (χ2n) is 2.08. The lowest BCUT2D eigenvalue weighted by atomic mass is 10.2. The number of allylic oxidation sites excluding steroid dienone is 1. The third kappa shape index (κ3) is 2.53. The quantitative estimate of drug-likeness (QED) is 0.484. The third-order valence-corrected chi connectivity index (χ3v) is 1.25. The lowest BCUT2D eigenvalue weighted by molar-refractivity contribution is 0.0847. The Bertz CT molecular complexity index is 140. The monoisotopic (exact) mass is 142 g/mol. The molecule has 0 bridgehead atoms. The van der Waals surface area contributed by atoms with E-state index >= 15 is 0 Å². The van der Waals surface area contributed by atoms with Crippen LogP contribution in [0.4, 0.5) is 4.79 Å². The molecule has 1 heterocycles. The van der Waals surface area contributed by atoms with Crippen LogP contribution >= 0.6 is 0 Å². The highest BCUT2D eigenvalue weighted by Crippen LogP contribution is 2.01. The molecular formula is C7H10O3. The molecule has 3 nitrogen and oxygen atoms in total. The van der Waals surface area contributed by atoms with Gasteiger partial charge in [-0.15, -0.1) is 0 Å². The topological polar surface area (TPSA) is 35.5 Å². The fourth-order valence-electron chi connectivity index (χ4n) is 0.725. The summed E-state index contributed by atoms with van der Waals surface area (Å²) < 4.78 is 9.17. The maximum absolute atomic E-state index is 10.5. The first-order chi connectivity index (χ1) is 4.89. The van der Waals surface area contributed by atoms with Crippen LogP contribution < -0.4 is 0 Å². The number of rotatable bonds is 0. The molecule has 0 fully saturated rings. The Morgan fingerprint density at radius 2 is 2.30 bits per heavy atom. The van der Waals surface area contributed by atoms with Crippen molar-refractivity contribution in [3.63, 3.8) is 0 Å². The van der Waals surface area contributed by atoms with Crippen molar-refractivity contribution >= 4 is 6.16 Å². The van der Waals surface area contributed by atoms with Gasteiger partial charge in [-0.05, 0) is 25.3 Å². The fraction of sp³-hybridized carbons (Fsp3) is 0.571. The summed E-state index contributed by atoms with van der Waals surface area (Å²) in [6.45, 7) is 0.473. The molecule has 0 saturated carbocycles. The molecule has 56 valence electrons. The summed E-state index contributed by atoms with van der Waals surface area (Å²) in [5.41, 5.74) is 0. The SMILES string of the molecule is O=C1OC=CCCCCO1. The zero-order valence-electron chi connectivity index (χ0n) is 5.71. The number of hydrogen-bond acceptors (Lipinski definition) is 3. The van der Waals surface area contributed by atoms with E-state index in [2.05, 4.69) is 9.47 Å². The van der Waals surface area contributed by atoms with Crippen LogP contribution in [0.1, 0.15) is 19.3 Å². The zero-order valence-corrected chi connectivity index (χ0v) is 5.71. The van der Waals surface area contributed by atoms with Gasteiger partial charge in [-0.3, -0.25) is 0 Å². The molecule has 10 heavy (non-hydrogen) atoms. The molecule has 0 N–H and O–H groups in total. The summed E-state index contributed by atoms with van der Waals surface area (Å²) in [6, 6.07) is 0. The highest BCUT2D eigenvalue weighted by molar-refractivity contribution is 5.60. The second kappa shape index (κ2) is 3.93. The average molecular weight is 142 g/mol. The van der Waals surface area contributed by atoms with E-state index in [9.17, 15) is 4.79 Å². The standard InChI is InChI=1S/C7H10O3/c8-7-9-5-3-1-2-4-6-10-7/h3,5H,1-2,4,6H2. The number of carbonyl (C=O) groups is 1. The van der Waals surface area contributed by atoms with E-state index in [1.807, 2.05) is 6.08 Å². The van der Waals surface area contributed by atoms with Gasteiger partial charge in [0.1, 0.15) is 0 Å². The van der Waals surface area contributed by atoms with Crippen LogP contribution in [0.3, 0.4) is 0 Å². The van der Waals surface area contributed by atoms with Crippen molar-refractivity contribution < 1.29 is 14.3 Å². The lowest BCUT2D eigenvalue weighted by Gasteiger charge is -1.98. The van der Waals surface area contributed by atoms with Crippen molar-refractivity contribution in [2.45, 2.75) is 19.3 Å². The van der Waals surface area contributed by atoms with Crippen LogP contribution in [0.15, 0.2) is 12.3 Å². The van der Waals surface area contributed by atoms with Crippen LogP contribution in [0, 0.1) is 0 Å². The second-order valence-corrected chi connectivity index (χ2v) is 2.08. The number of carbonyl (C=O) groups excluding carboxylic acids is 1. The summed E-state index contributed by atoms with van der Waals surface area (Å²) in [6.07, 6.45) is 5.53. The molecule has 0 aromatic carbocycles. The number of cyclic esters (lactones) is 2. The Hall–Kier alpha value is -0.990. The van der Waals surface area contributed by atoms with E-state index in [0.717, 1.165) is 19.3 Å². The number of ether oxygens (including phenoxy) is 2. The molecule has 1 aliphatic rings. The van der Waals surface area contributed by atoms with Gasteiger partial charge in [0.25, 0.3) is 0 Å². The minimum atomic E-state index is -0.599. The highest BCUT2D eigenvalue weighted by atomic mass is 16.7. The first-order valence-corrected chi connectivity index (χ1v) is 3.38. The molecule has 0 radical (unpaired) electrons. The average Bonchev–Trinajstić information content (AvgIpc) is 2.02. The van der Waals surface area contributed by atoms with Crippen LogP contribution in [0.25, 0.3) is 0 Å². The van der Waals surface area contributed by atoms with Gasteiger partial charge >= 0.3 is 6.16 Å². The number of hydrogen-bond donors (Lipinski definition) is 0. The lowest BCUT2D eigenvalue weighted by Crippen LogP contribution is -2.03. The molecule has 0 saturated heterocycles. The van der Waals surface area contributed by atoms with Crippen LogP contribution in [-0.4, -0.2) is 12.8 Å². The maximum Gasteiger partial charge on any atom is 0.513 e. The predicted molar refractivity (Wildman–Crippen MR) is 35.4 cm³/mol. The van der Waals surface area contributed by atoms with Gasteiger partial charge < -0.3 is 9.47 Å². The molecule has 0 aromatic heterocycles. The van der Waals surface area contributed by atoms with Crippen LogP contribution in [0.2, 0.25) is 0 Å². The van der Waals surface area contributed by atoms with E-state index in [0.29, 0.717) is 6.61 Å². The highest BCUT2D eigenvalue weighted by Gasteiger charge is 2.01. The molecule has 1 aliphatic heterocycles. The van der Waals surface area contributed by atoms with Gasteiger partial charge in [0.05, 0.1) is 12.9 Å². The van der Waals surface area contributed by atoms with Gasteiger partial charge in [0.15, 0.2) is 0 Å². The van der Waals surface area contributed by atoms with Gasteiger partial charge in [-0.25, -0.2) is 4.79 Å². The molecule has 0 spiro atoms. The van der Waals surface area contributed by atoms with Crippen LogP contribution in [0.5, 0.6) is 0 Å². The van der Waals surface area contributed by atoms with Crippen molar-refractivity contribution in [3.05, 3.63) is 12.3 Å². The first-order valence-electron chi connectivity index (χ1n) is 3.38. The van der Waals surface area contributed by atoms with E-state index in [4.69, 9.17) is 0 Å². The predicted octanol–water partition coefficient (Wildman–Crippen LogP) is 1.84. The van der Waals surface area contributed by atoms with E-state index in [1.165, 1.54) is 6.26 Å². The fourth-order valence-corrected chi connectivity index (χ4v) is 0.725. The smallest absolute Gasteiger partial charge is 0.434 e. The summed E-state index contributed by atoms with van der Waals surface area (Å²) in [5, 5.41) is 0. The maximum atomic E-state index is 10.5. The van der Waals surface area contributed by atoms with Crippen molar-refractivity contribution in [1.29, 1.82) is 0 Å². The minimum absolute atomic E-state index is 0.473. The summed E-state index contributed by atoms with van der Waals surface area (Å²) >= 11 is 0. The van der Waals surface area contributed by atoms with Crippen molar-refractivity contribution in [2.24, 2.45) is 0 Å². The normalized spacial score (nSPS) is 19.8. The Morgan fingerprint density at radius 3 is 3.20 bits per heavy atom. The molecule has 0 aliphatic carbocycles. The van der Waals surface area contributed by atoms with Gasteiger partial charge in [-0.2, -0.15) is 0 Å². The summed E-state index contributed by atoms with van der Waals surface area (Å²) in [7, 11) is 0. The zero-order chi connectivity index (χ0) is 7.23. The van der Waals surface area contributed by atoms with Crippen LogP contribution in [-0.2, 0) is 9.47 Å². The summed E-state index contributed by atoms with van der Waals surface area (Å²) in [4.78, 5) is 10.5. The van der Waals surface area contributed by atoms with Gasteiger partial charge in [0.2, 0.25) is 0 Å². The van der Waals surface area contributed by atoms with Crippen molar-refractivity contribution in [1.82, 2.24) is 0 Å². The molecule has 0 amide bonds. The molecule has 0 atom stereocenters. The molecule has 0 aromatic rings. The largest absolute Gasteiger partial charge is 0.513 e. The Kier molecular flexibility index (Phi) is 2.80. The Balaban J connectivity index is 2.33.